The molecule has 0 spiro atoms. The van der Waals surface area contributed by atoms with Crippen LogP contribution < -0.4 is 4.90 Å². The summed E-state index contributed by atoms with van der Waals surface area (Å²) in [5.74, 6) is 1.37. The predicted octanol–water partition coefficient (Wildman–Crippen LogP) is 4.71. The number of fused-ring (bicyclic) bond motifs is 2. The van der Waals surface area contributed by atoms with Crippen LogP contribution in [0.3, 0.4) is 0 Å². The van der Waals surface area contributed by atoms with Gasteiger partial charge in [-0.15, -0.1) is 12.4 Å². The van der Waals surface area contributed by atoms with Crippen molar-refractivity contribution in [3.8, 4) is 0 Å². The molecule has 3 aromatic rings. The number of unbranched alkanes of at least 4 members (excludes halogenated alkanes) is 1. The number of benzene rings is 2. The van der Waals surface area contributed by atoms with E-state index in [1.807, 2.05) is 18.2 Å². The molecule has 0 atom stereocenters. The first-order chi connectivity index (χ1) is 15.3. The van der Waals surface area contributed by atoms with Crippen LogP contribution in [0.5, 0.6) is 0 Å². The molecule has 2 aromatic carbocycles. The second-order valence-corrected chi connectivity index (χ2v) is 9.40. The molecule has 3 heterocycles. The standard InChI is InChI=1S/C25H30N4OS.ClH/c30-25-21-10-2-1-8-20(21)9-7-15-29(25)14-6-5-13-27-16-18-28(19-17-27)24-22-11-3-4-12-23(22)31-26-24;/h1-4,8,10-12H,5-7,9,13-19H2;1H. The van der Waals surface area contributed by atoms with E-state index < -0.39 is 0 Å². The first-order valence-corrected chi connectivity index (χ1v) is 12.3. The van der Waals surface area contributed by atoms with Crippen LogP contribution >= 0.6 is 23.9 Å². The lowest BCUT2D eigenvalue weighted by Crippen LogP contribution is -2.46. The van der Waals surface area contributed by atoms with E-state index in [9.17, 15) is 4.79 Å². The zero-order valence-electron chi connectivity index (χ0n) is 18.4. The first-order valence-electron chi connectivity index (χ1n) is 11.5. The molecular formula is C25H31ClN4OS. The van der Waals surface area contributed by atoms with Crippen molar-refractivity contribution in [3.05, 3.63) is 59.7 Å². The molecule has 0 aliphatic carbocycles. The van der Waals surface area contributed by atoms with Crippen molar-refractivity contribution in [1.29, 1.82) is 0 Å². The molecule has 2 aliphatic heterocycles. The van der Waals surface area contributed by atoms with Crippen molar-refractivity contribution in [3.63, 3.8) is 0 Å². The van der Waals surface area contributed by atoms with Crippen molar-refractivity contribution < 1.29 is 4.79 Å². The fourth-order valence-electron chi connectivity index (χ4n) is 4.81. The first kappa shape index (κ1) is 23.0. The summed E-state index contributed by atoms with van der Waals surface area (Å²) in [4.78, 5) is 19.9. The molecule has 0 bridgehead atoms. The molecule has 5 nitrogen and oxygen atoms in total. The molecule has 2 aliphatic rings. The molecule has 7 heteroatoms. The van der Waals surface area contributed by atoms with Crippen LogP contribution in [-0.4, -0.2) is 65.9 Å². The van der Waals surface area contributed by atoms with Crippen molar-refractivity contribution >= 4 is 45.8 Å². The second-order valence-electron chi connectivity index (χ2n) is 8.59. The Morgan fingerprint density at radius 2 is 1.62 bits per heavy atom. The van der Waals surface area contributed by atoms with Crippen LogP contribution in [0.1, 0.15) is 35.2 Å². The number of anilines is 1. The number of piperazine rings is 1. The minimum absolute atomic E-state index is 0. The van der Waals surface area contributed by atoms with Crippen LogP contribution in [0.15, 0.2) is 48.5 Å². The number of halogens is 1. The van der Waals surface area contributed by atoms with Gasteiger partial charge in [-0.25, -0.2) is 0 Å². The fraction of sp³-hybridized carbons (Fsp3) is 0.440. The molecule has 5 rings (SSSR count). The highest BCUT2D eigenvalue weighted by Crippen LogP contribution is 2.29. The highest BCUT2D eigenvalue weighted by atomic mass is 35.5. The zero-order valence-corrected chi connectivity index (χ0v) is 20.0. The third kappa shape index (κ3) is 4.92. The van der Waals surface area contributed by atoms with E-state index in [0.29, 0.717) is 0 Å². The highest BCUT2D eigenvalue weighted by Gasteiger charge is 2.22. The summed E-state index contributed by atoms with van der Waals surface area (Å²) in [6.07, 6.45) is 4.29. The van der Waals surface area contributed by atoms with Gasteiger partial charge in [-0.2, -0.15) is 4.37 Å². The molecule has 1 saturated heterocycles. The number of nitrogens with zero attached hydrogens (tertiary/aromatic N) is 4. The number of hydrogen-bond donors (Lipinski definition) is 0. The van der Waals surface area contributed by atoms with Gasteiger partial charge in [0.2, 0.25) is 0 Å². The van der Waals surface area contributed by atoms with Gasteiger partial charge >= 0.3 is 0 Å². The van der Waals surface area contributed by atoms with Crippen LogP contribution in [0, 0.1) is 0 Å². The Hall–Kier alpha value is -2.15. The van der Waals surface area contributed by atoms with Gasteiger partial charge in [0.15, 0.2) is 0 Å². The molecule has 1 amide bonds. The SMILES string of the molecule is Cl.O=C1c2ccccc2CCCN1CCCCN1CCN(c2nsc3ccccc23)CC1. The average Bonchev–Trinajstić information content (AvgIpc) is 3.18. The number of amides is 1. The largest absolute Gasteiger partial charge is 0.353 e. The topological polar surface area (TPSA) is 39.7 Å². The van der Waals surface area contributed by atoms with Gasteiger partial charge in [0.05, 0.1) is 4.70 Å². The number of aromatic nitrogens is 1. The van der Waals surface area contributed by atoms with Crippen molar-refractivity contribution in [1.82, 2.24) is 14.2 Å². The van der Waals surface area contributed by atoms with Gasteiger partial charge < -0.3 is 9.80 Å². The van der Waals surface area contributed by atoms with Gasteiger partial charge in [0.1, 0.15) is 5.82 Å². The summed E-state index contributed by atoms with van der Waals surface area (Å²) in [7, 11) is 0. The Morgan fingerprint density at radius 1 is 0.875 bits per heavy atom. The maximum Gasteiger partial charge on any atom is 0.254 e. The van der Waals surface area contributed by atoms with Crippen LogP contribution in [0.25, 0.3) is 10.1 Å². The average molecular weight is 471 g/mol. The van der Waals surface area contributed by atoms with E-state index in [1.54, 1.807) is 11.5 Å². The smallest absolute Gasteiger partial charge is 0.254 e. The molecule has 0 unspecified atom stereocenters. The Labute approximate surface area is 200 Å². The quantitative estimate of drug-likeness (QED) is 0.489. The van der Waals surface area contributed by atoms with Gasteiger partial charge in [0.25, 0.3) is 5.91 Å². The molecule has 170 valence electrons. The molecule has 1 aromatic heterocycles. The van der Waals surface area contributed by atoms with E-state index in [0.717, 1.165) is 82.9 Å². The van der Waals surface area contributed by atoms with Gasteiger partial charge in [-0.05, 0) is 67.5 Å². The van der Waals surface area contributed by atoms with Crippen molar-refractivity contribution in [2.45, 2.75) is 25.7 Å². The lowest BCUT2D eigenvalue weighted by Gasteiger charge is -2.35. The van der Waals surface area contributed by atoms with E-state index >= 15 is 0 Å². The number of hydrogen-bond acceptors (Lipinski definition) is 5. The minimum atomic E-state index is 0. The van der Waals surface area contributed by atoms with Gasteiger partial charge in [-0.3, -0.25) is 9.69 Å². The van der Waals surface area contributed by atoms with Gasteiger partial charge in [-0.1, -0.05) is 30.3 Å². The summed E-state index contributed by atoms with van der Waals surface area (Å²) in [5.41, 5.74) is 2.12. The summed E-state index contributed by atoms with van der Waals surface area (Å²) in [5, 5.41) is 1.28. The maximum atomic E-state index is 12.9. The second kappa shape index (κ2) is 10.6. The van der Waals surface area contributed by atoms with Crippen LogP contribution in [-0.2, 0) is 6.42 Å². The number of carbonyl (C=O) groups excluding carboxylic acids is 1. The number of aryl methyl sites for hydroxylation is 1. The lowest BCUT2D eigenvalue weighted by molar-refractivity contribution is 0.0756. The monoisotopic (exact) mass is 470 g/mol. The molecule has 0 radical (unpaired) electrons. The third-order valence-electron chi connectivity index (χ3n) is 6.59. The van der Waals surface area contributed by atoms with Crippen molar-refractivity contribution in [2.75, 3.05) is 50.7 Å². The Balaban J connectivity index is 0.00000245. The van der Waals surface area contributed by atoms with E-state index in [-0.39, 0.29) is 18.3 Å². The molecule has 1 fully saturated rings. The summed E-state index contributed by atoms with van der Waals surface area (Å²) < 4.78 is 5.98. The minimum Gasteiger partial charge on any atom is -0.353 e. The maximum absolute atomic E-state index is 12.9. The van der Waals surface area contributed by atoms with Crippen LogP contribution in [0.2, 0.25) is 0 Å². The predicted molar refractivity (Wildman–Crippen MR) is 135 cm³/mol. The molecular weight excluding hydrogens is 440 g/mol. The Kier molecular flexibility index (Phi) is 7.66. The summed E-state index contributed by atoms with van der Waals surface area (Å²) >= 11 is 1.60. The van der Waals surface area contributed by atoms with E-state index in [2.05, 4.69) is 45.0 Å². The van der Waals surface area contributed by atoms with Crippen molar-refractivity contribution in [2.24, 2.45) is 0 Å². The number of carbonyl (C=O) groups is 1. The van der Waals surface area contributed by atoms with E-state index in [1.165, 1.54) is 15.6 Å². The summed E-state index contributed by atoms with van der Waals surface area (Å²) in [6.45, 7) is 7.12. The molecule has 0 saturated carbocycles. The summed E-state index contributed by atoms with van der Waals surface area (Å²) in [6, 6.07) is 16.6. The normalized spacial score (nSPS) is 17.2. The van der Waals surface area contributed by atoms with E-state index in [4.69, 9.17) is 4.37 Å². The number of rotatable bonds is 6. The third-order valence-corrected chi connectivity index (χ3v) is 7.41. The zero-order chi connectivity index (χ0) is 21.0. The Morgan fingerprint density at radius 3 is 2.50 bits per heavy atom. The fourth-order valence-corrected chi connectivity index (χ4v) is 5.61. The molecule has 32 heavy (non-hydrogen) atoms. The van der Waals surface area contributed by atoms with Crippen LogP contribution in [0.4, 0.5) is 5.82 Å². The highest BCUT2D eigenvalue weighted by molar-refractivity contribution is 7.13. The Bertz CT molecular complexity index is 1050. The van der Waals surface area contributed by atoms with Gasteiger partial charge in [0, 0.05) is 50.2 Å². The lowest BCUT2D eigenvalue weighted by atomic mass is 10.0. The molecule has 0 N–H and O–H groups in total.